The van der Waals surface area contributed by atoms with Crippen molar-refractivity contribution in [3.63, 3.8) is 0 Å². The minimum Gasteiger partial charge on any atom is -0.502 e. The van der Waals surface area contributed by atoms with Crippen LogP contribution in [-0.2, 0) is 0 Å². The number of carbonyl (C=O) groups excluding carboxylic acids is 1. The number of likely N-dealkylation sites (N-methyl/N-ethyl adjacent to an activating group) is 1. The molecule has 3 heterocycles. The standard InChI is InChI=1S/C22H19N3O4/c1-23-18-13-29-17-10-6-5-9-15(17)19(14-7-3-2-4-8-14)25(18)24-12-11-16(26)21(27)20(24)22(23)28/h2-12,18-19,27H,13H2,1H3/t18?,19-/m1/s1. The zero-order chi connectivity index (χ0) is 20.1. The van der Waals surface area contributed by atoms with Crippen molar-refractivity contribution in [1.82, 2.24) is 9.58 Å². The number of benzene rings is 2. The Balaban J connectivity index is 1.82. The molecule has 1 amide bonds. The predicted molar refractivity (Wildman–Crippen MR) is 107 cm³/mol. The van der Waals surface area contributed by atoms with Gasteiger partial charge in [-0.2, -0.15) is 0 Å². The Morgan fingerprint density at radius 3 is 2.52 bits per heavy atom. The molecule has 0 saturated carbocycles. The van der Waals surface area contributed by atoms with E-state index in [2.05, 4.69) is 0 Å². The first-order valence-electron chi connectivity index (χ1n) is 9.35. The fraction of sp³-hybridized carbons (Fsp3) is 0.182. The first-order valence-corrected chi connectivity index (χ1v) is 9.35. The second kappa shape index (κ2) is 6.41. The van der Waals surface area contributed by atoms with E-state index in [9.17, 15) is 14.7 Å². The fourth-order valence-electron chi connectivity index (χ4n) is 4.13. The lowest BCUT2D eigenvalue weighted by molar-refractivity contribution is 0.0554. The molecule has 29 heavy (non-hydrogen) atoms. The maximum absolute atomic E-state index is 13.0. The van der Waals surface area contributed by atoms with Crippen LogP contribution in [0.4, 0.5) is 0 Å². The maximum Gasteiger partial charge on any atom is 0.277 e. The van der Waals surface area contributed by atoms with E-state index in [0.717, 1.165) is 16.9 Å². The number of aromatic nitrogens is 1. The monoisotopic (exact) mass is 389 g/mol. The number of hydrogen-bond acceptors (Lipinski definition) is 5. The van der Waals surface area contributed by atoms with Crippen LogP contribution in [0, 0.1) is 0 Å². The zero-order valence-electron chi connectivity index (χ0n) is 15.7. The molecule has 2 aliphatic heterocycles. The molecular weight excluding hydrogens is 370 g/mol. The third-order valence-corrected chi connectivity index (χ3v) is 5.56. The summed E-state index contributed by atoms with van der Waals surface area (Å²) in [5.74, 6) is -0.237. The van der Waals surface area contributed by atoms with Crippen LogP contribution in [0.25, 0.3) is 0 Å². The highest BCUT2D eigenvalue weighted by atomic mass is 16.5. The third-order valence-electron chi connectivity index (χ3n) is 5.56. The van der Waals surface area contributed by atoms with Gasteiger partial charge in [0.1, 0.15) is 18.4 Å². The van der Waals surface area contributed by atoms with Crippen LogP contribution in [0.15, 0.2) is 71.7 Å². The molecule has 1 aromatic heterocycles. The summed E-state index contributed by atoms with van der Waals surface area (Å²) in [5.41, 5.74) is 1.31. The van der Waals surface area contributed by atoms with Gasteiger partial charge in [0, 0.05) is 24.9 Å². The topological polar surface area (TPSA) is 75.0 Å². The van der Waals surface area contributed by atoms with E-state index in [0.29, 0.717) is 0 Å². The predicted octanol–water partition coefficient (Wildman–Crippen LogP) is 2.09. The van der Waals surface area contributed by atoms with Crippen molar-refractivity contribution in [2.24, 2.45) is 0 Å². The van der Waals surface area contributed by atoms with Crippen LogP contribution in [0.5, 0.6) is 11.5 Å². The highest BCUT2D eigenvalue weighted by molar-refractivity contribution is 5.96. The molecule has 3 aromatic rings. The summed E-state index contributed by atoms with van der Waals surface area (Å²) in [6, 6.07) is 18.6. The van der Waals surface area contributed by atoms with E-state index in [1.165, 1.54) is 11.0 Å². The highest BCUT2D eigenvalue weighted by Gasteiger charge is 2.44. The molecule has 146 valence electrons. The number of ether oxygens (including phenoxy) is 1. The molecule has 0 fully saturated rings. The number of pyridine rings is 1. The average Bonchev–Trinajstić information content (AvgIpc) is 2.92. The van der Waals surface area contributed by atoms with Gasteiger partial charge in [-0.1, -0.05) is 48.5 Å². The molecule has 1 N–H and O–H groups in total. The van der Waals surface area contributed by atoms with Gasteiger partial charge in [-0.3, -0.25) is 19.3 Å². The summed E-state index contributed by atoms with van der Waals surface area (Å²) in [4.78, 5) is 26.6. The Morgan fingerprint density at radius 1 is 1.00 bits per heavy atom. The van der Waals surface area contributed by atoms with Crippen molar-refractivity contribution in [1.29, 1.82) is 0 Å². The smallest absolute Gasteiger partial charge is 0.277 e. The quantitative estimate of drug-likeness (QED) is 0.690. The molecule has 7 nitrogen and oxygen atoms in total. The molecule has 7 heteroatoms. The number of carbonyl (C=O) groups is 1. The summed E-state index contributed by atoms with van der Waals surface area (Å²) in [5, 5.41) is 12.4. The van der Waals surface area contributed by atoms with Gasteiger partial charge in [-0.25, -0.2) is 0 Å². The summed E-state index contributed by atoms with van der Waals surface area (Å²) in [6.45, 7) is 0.245. The van der Waals surface area contributed by atoms with Gasteiger partial charge in [0.05, 0.1) is 0 Å². The summed E-state index contributed by atoms with van der Waals surface area (Å²) in [7, 11) is 1.65. The molecule has 2 atom stereocenters. The number of rotatable bonds is 1. The number of para-hydroxylation sites is 1. The lowest BCUT2D eigenvalue weighted by Gasteiger charge is -2.47. The van der Waals surface area contributed by atoms with E-state index in [1.807, 2.05) is 59.6 Å². The van der Waals surface area contributed by atoms with Crippen molar-refractivity contribution in [2.75, 3.05) is 18.7 Å². The highest BCUT2D eigenvalue weighted by Crippen LogP contribution is 2.40. The second-order valence-electron chi connectivity index (χ2n) is 7.16. The Morgan fingerprint density at radius 2 is 1.72 bits per heavy atom. The number of hydrogen-bond donors (Lipinski definition) is 1. The Bertz CT molecular complexity index is 1160. The largest absolute Gasteiger partial charge is 0.502 e. The summed E-state index contributed by atoms with van der Waals surface area (Å²) in [6.07, 6.45) is 1.11. The summed E-state index contributed by atoms with van der Waals surface area (Å²) >= 11 is 0. The maximum atomic E-state index is 13.0. The molecule has 1 unspecified atom stereocenters. The first kappa shape index (κ1) is 17.4. The lowest BCUT2D eigenvalue weighted by atomic mass is 9.97. The van der Waals surface area contributed by atoms with Gasteiger partial charge in [-0.15, -0.1) is 0 Å². The molecule has 2 aromatic carbocycles. The van der Waals surface area contributed by atoms with Crippen LogP contribution in [0.2, 0.25) is 0 Å². The fourth-order valence-corrected chi connectivity index (χ4v) is 4.13. The third kappa shape index (κ3) is 2.51. The van der Waals surface area contributed by atoms with Crippen molar-refractivity contribution in [2.45, 2.75) is 12.2 Å². The average molecular weight is 389 g/mol. The van der Waals surface area contributed by atoms with Gasteiger partial charge in [0.25, 0.3) is 5.91 Å². The zero-order valence-corrected chi connectivity index (χ0v) is 15.7. The van der Waals surface area contributed by atoms with Gasteiger partial charge >= 0.3 is 0 Å². The molecular formula is C22H19N3O4. The number of amides is 1. The minimum atomic E-state index is -0.584. The molecule has 0 radical (unpaired) electrons. The SMILES string of the molecule is CN1C(=O)c2c(O)c(=O)ccn2N2C1COc1ccccc1[C@H]2c1ccccc1. The van der Waals surface area contributed by atoms with E-state index in [4.69, 9.17) is 4.74 Å². The normalized spacial score (nSPS) is 20.2. The second-order valence-corrected chi connectivity index (χ2v) is 7.16. The van der Waals surface area contributed by atoms with Crippen LogP contribution >= 0.6 is 0 Å². The number of fused-ring (bicyclic) bond motifs is 4. The number of aromatic hydroxyl groups is 1. The molecule has 0 spiro atoms. The number of nitrogens with zero attached hydrogens (tertiary/aromatic N) is 3. The van der Waals surface area contributed by atoms with Crippen LogP contribution in [-0.4, -0.2) is 40.4 Å². The lowest BCUT2D eigenvalue weighted by Crippen LogP contribution is -2.62. The van der Waals surface area contributed by atoms with Crippen LogP contribution in [0.1, 0.15) is 27.7 Å². The van der Waals surface area contributed by atoms with Gasteiger partial charge in [-0.05, 0) is 11.6 Å². The molecule has 0 saturated heterocycles. The van der Waals surface area contributed by atoms with Crippen molar-refractivity contribution in [3.05, 3.63) is 93.9 Å². The minimum absolute atomic E-state index is 0.0448. The molecule has 0 bridgehead atoms. The molecule has 2 aliphatic rings. The Kier molecular flexibility index (Phi) is 3.84. The molecule has 5 rings (SSSR count). The van der Waals surface area contributed by atoms with Crippen molar-refractivity contribution < 1.29 is 14.6 Å². The first-order chi connectivity index (χ1) is 14.1. The van der Waals surface area contributed by atoms with E-state index >= 15 is 0 Å². The van der Waals surface area contributed by atoms with Gasteiger partial charge in [0.15, 0.2) is 17.6 Å². The van der Waals surface area contributed by atoms with Crippen LogP contribution in [0.3, 0.4) is 0 Å². The molecule has 0 aliphatic carbocycles. The van der Waals surface area contributed by atoms with Crippen molar-refractivity contribution in [3.8, 4) is 11.5 Å². The van der Waals surface area contributed by atoms with E-state index in [-0.39, 0.29) is 18.3 Å². The summed E-state index contributed by atoms with van der Waals surface area (Å²) < 4.78 is 7.67. The Hall–Kier alpha value is -3.74. The van der Waals surface area contributed by atoms with E-state index < -0.39 is 23.3 Å². The van der Waals surface area contributed by atoms with Crippen LogP contribution < -0.4 is 15.2 Å². The van der Waals surface area contributed by atoms with Crippen molar-refractivity contribution >= 4 is 5.91 Å². The van der Waals surface area contributed by atoms with Gasteiger partial charge in [0.2, 0.25) is 5.43 Å². The Labute approximate surface area is 167 Å². The van der Waals surface area contributed by atoms with E-state index in [1.54, 1.807) is 17.9 Å². The van der Waals surface area contributed by atoms with Gasteiger partial charge < -0.3 is 14.7 Å².